The number of hydrogen-bond acceptors (Lipinski definition) is 3. The summed E-state index contributed by atoms with van der Waals surface area (Å²) in [4.78, 5) is 22.8. The van der Waals surface area contributed by atoms with E-state index in [2.05, 4.69) is 10.6 Å². The van der Waals surface area contributed by atoms with E-state index in [0.29, 0.717) is 6.61 Å². The first-order valence-electron chi connectivity index (χ1n) is 6.69. The second-order valence-electron chi connectivity index (χ2n) is 4.94. The highest BCUT2D eigenvalue weighted by atomic mass is 35.5. The third kappa shape index (κ3) is 4.09. The predicted octanol–water partition coefficient (Wildman–Crippen LogP) is 2.73. The lowest BCUT2D eigenvalue weighted by Gasteiger charge is -2.20. The maximum Gasteiger partial charge on any atom is 0.335 e. The number of anilines is 1. The van der Waals surface area contributed by atoms with Crippen LogP contribution in [0.5, 0.6) is 0 Å². The summed E-state index contributed by atoms with van der Waals surface area (Å²) in [6.07, 6.45) is 1.91. The van der Waals surface area contributed by atoms with Crippen LogP contribution >= 0.6 is 11.6 Å². The SMILES string of the molecule is CC(NC(=O)Nc1cc(C(=O)O)ccc1Cl)C1CCCO1. The number of amides is 2. The lowest BCUT2D eigenvalue weighted by atomic mass is 10.1. The van der Waals surface area contributed by atoms with E-state index in [-0.39, 0.29) is 28.4 Å². The van der Waals surface area contributed by atoms with Crippen molar-refractivity contribution in [3.63, 3.8) is 0 Å². The topological polar surface area (TPSA) is 87.7 Å². The van der Waals surface area contributed by atoms with Crippen molar-refractivity contribution in [2.24, 2.45) is 0 Å². The Kier molecular flexibility index (Phi) is 5.03. The number of ether oxygens (including phenoxy) is 1. The summed E-state index contributed by atoms with van der Waals surface area (Å²) >= 11 is 5.95. The Labute approximate surface area is 127 Å². The number of carboxylic acid groups (broad SMARTS) is 1. The zero-order chi connectivity index (χ0) is 15.4. The molecule has 1 saturated heterocycles. The van der Waals surface area contributed by atoms with Gasteiger partial charge in [0.1, 0.15) is 0 Å². The van der Waals surface area contributed by atoms with Crippen molar-refractivity contribution in [2.45, 2.75) is 31.9 Å². The summed E-state index contributed by atoms with van der Waals surface area (Å²) in [7, 11) is 0. The quantitative estimate of drug-likeness (QED) is 0.797. The van der Waals surface area contributed by atoms with Crippen LogP contribution < -0.4 is 10.6 Å². The Hall–Kier alpha value is -1.79. The van der Waals surface area contributed by atoms with Gasteiger partial charge in [-0.2, -0.15) is 0 Å². The molecule has 2 atom stereocenters. The van der Waals surface area contributed by atoms with Crippen molar-refractivity contribution in [1.29, 1.82) is 0 Å². The Morgan fingerprint density at radius 1 is 1.48 bits per heavy atom. The zero-order valence-corrected chi connectivity index (χ0v) is 12.3. The highest BCUT2D eigenvalue weighted by Gasteiger charge is 2.23. The molecule has 1 heterocycles. The standard InChI is InChI=1S/C14H17ClN2O4/c1-8(12-3-2-6-21-12)16-14(20)17-11-7-9(13(18)19)4-5-10(11)15/h4-5,7-8,12H,2-3,6H2,1H3,(H,18,19)(H2,16,17,20). The predicted molar refractivity (Wildman–Crippen MR) is 79.0 cm³/mol. The number of rotatable bonds is 4. The fourth-order valence-electron chi connectivity index (χ4n) is 2.21. The van der Waals surface area contributed by atoms with E-state index >= 15 is 0 Å². The van der Waals surface area contributed by atoms with Gasteiger partial charge < -0.3 is 20.5 Å². The van der Waals surface area contributed by atoms with E-state index in [1.807, 2.05) is 6.92 Å². The second kappa shape index (κ2) is 6.78. The number of urea groups is 1. The summed E-state index contributed by atoms with van der Waals surface area (Å²) in [5, 5.41) is 14.5. The maximum atomic E-state index is 11.9. The van der Waals surface area contributed by atoms with E-state index in [1.54, 1.807) is 0 Å². The van der Waals surface area contributed by atoms with Crippen LogP contribution in [0.4, 0.5) is 10.5 Å². The number of carboxylic acids is 1. The minimum absolute atomic E-state index is 0.0107. The fourth-order valence-corrected chi connectivity index (χ4v) is 2.37. The van der Waals surface area contributed by atoms with Crippen LogP contribution in [0.1, 0.15) is 30.1 Å². The first kappa shape index (κ1) is 15.6. The largest absolute Gasteiger partial charge is 0.478 e. The molecule has 1 aromatic carbocycles. The van der Waals surface area contributed by atoms with Gasteiger partial charge in [-0.25, -0.2) is 9.59 Å². The molecule has 2 unspecified atom stereocenters. The van der Waals surface area contributed by atoms with E-state index in [9.17, 15) is 9.59 Å². The van der Waals surface area contributed by atoms with Crippen LogP contribution in [-0.4, -0.2) is 35.9 Å². The molecule has 7 heteroatoms. The number of hydrogen-bond donors (Lipinski definition) is 3. The van der Waals surface area contributed by atoms with Crippen LogP contribution in [0, 0.1) is 0 Å². The molecule has 0 radical (unpaired) electrons. The molecule has 0 spiro atoms. The van der Waals surface area contributed by atoms with Crippen molar-refractivity contribution >= 4 is 29.3 Å². The number of carbonyl (C=O) groups is 2. The molecule has 0 saturated carbocycles. The van der Waals surface area contributed by atoms with Crippen molar-refractivity contribution in [3.8, 4) is 0 Å². The molecule has 1 aliphatic rings. The minimum atomic E-state index is -1.08. The van der Waals surface area contributed by atoms with Gasteiger partial charge in [0.2, 0.25) is 0 Å². The molecule has 1 fully saturated rings. The third-order valence-corrected chi connectivity index (χ3v) is 3.67. The van der Waals surface area contributed by atoms with Gasteiger partial charge in [-0.05, 0) is 38.0 Å². The van der Waals surface area contributed by atoms with Crippen LogP contribution in [0.15, 0.2) is 18.2 Å². The second-order valence-corrected chi connectivity index (χ2v) is 5.35. The summed E-state index contributed by atoms with van der Waals surface area (Å²) in [6.45, 7) is 2.58. The molecule has 1 aromatic rings. The summed E-state index contributed by atoms with van der Waals surface area (Å²) < 4.78 is 5.49. The van der Waals surface area contributed by atoms with Gasteiger partial charge in [0.15, 0.2) is 0 Å². The normalized spacial score (nSPS) is 19.0. The zero-order valence-electron chi connectivity index (χ0n) is 11.6. The Morgan fingerprint density at radius 2 is 2.24 bits per heavy atom. The third-order valence-electron chi connectivity index (χ3n) is 3.34. The fraction of sp³-hybridized carbons (Fsp3) is 0.429. The Balaban J connectivity index is 1.98. The number of nitrogens with one attached hydrogen (secondary N) is 2. The number of benzene rings is 1. The Bertz CT molecular complexity index is 544. The van der Waals surface area contributed by atoms with Crippen molar-refractivity contribution < 1.29 is 19.4 Å². The molecule has 0 bridgehead atoms. The van der Waals surface area contributed by atoms with Crippen LogP contribution in [0.25, 0.3) is 0 Å². The van der Waals surface area contributed by atoms with Gasteiger partial charge in [0.05, 0.1) is 28.4 Å². The van der Waals surface area contributed by atoms with Crippen molar-refractivity contribution in [1.82, 2.24) is 5.32 Å². The number of halogens is 1. The Morgan fingerprint density at radius 3 is 2.86 bits per heavy atom. The average molecular weight is 313 g/mol. The van der Waals surface area contributed by atoms with Crippen LogP contribution in [0.2, 0.25) is 5.02 Å². The van der Waals surface area contributed by atoms with Gasteiger partial charge in [-0.3, -0.25) is 0 Å². The summed E-state index contributed by atoms with van der Waals surface area (Å²) in [5.41, 5.74) is 0.315. The molecule has 21 heavy (non-hydrogen) atoms. The van der Waals surface area contributed by atoms with Gasteiger partial charge >= 0.3 is 12.0 Å². The van der Waals surface area contributed by atoms with Gasteiger partial charge in [0.25, 0.3) is 0 Å². The number of aromatic carboxylic acids is 1. The van der Waals surface area contributed by atoms with Crippen LogP contribution in [-0.2, 0) is 4.74 Å². The molecule has 0 aliphatic carbocycles. The molecule has 6 nitrogen and oxygen atoms in total. The summed E-state index contributed by atoms with van der Waals surface area (Å²) in [5.74, 6) is -1.08. The molecule has 114 valence electrons. The molecule has 2 amide bonds. The molecular formula is C14H17ClN2O4. The van der Waals surface area contributed by atoms with Crippen molar-refractivity contribution in [3.05, 3.63) is 28.8 Å². The molecule has 3 N–H and O–H groups in total. The smallest absolute Gasteiger partial charge is 0.335 e. The maximum absolute atomic E-state index is 11.9. The van der Waals surface area contributed by atoms with E-state index in [0.717, 1.165) is 12.8 Å². The van der Waals surface area contributed by atoms with Crippen LogP contribution in [0.3, 0.4) is 0 Å². The lowest BCUT2D eigenvalue weighted by Crippen LogP contribution is -2.43. The van der Waals surface area contributed by atoms with Crippen molar-refractivity contribution in [2.75, 3.05) is 11.9 Å². The van der Waals surface area contributed by atoms with E-state index < -0.39 is 12.0 Å². The lowest BCUT2D eigenvalue weighted by molar-refractivity contribution is 0.0697. The summed E-state index contributed by atoms with van der Waals surface area (Å²) in [6, 6.07) is 3.56. The minimum Gasteiger partial charge on any atom is -0.478 e. The first-order valence-corrected chi connectivity index (χ1v) is 7.07. The van der Waals surface area contributed by atoms with Gasteiger partial charge in [-0.15, -0.1) is 0 Å². The molecular weight excluding hydrogens is 296 g/mol. The average Bonchev–Trinajstić information content (AvgIpc) is 2.95. The molecule has 0 aromatic heterocycles. The van der Waals surface area contributed by atoms with E-state index in [4.69, 9.17) is 21.4 Å². The first-order chi connectivity index (χ1) is 9.97. The highest BCUT2D eigenvalue weighted by Crippen LogP contribution is 2.23. The van der Waals surface area contributed by atoms with E-state index in [1.165, 1.54) is 18.2 Å². The molecule has 2 rings (SSSR count). The van der Waals surface area contributed by atoms with Gasteiger partial charge in [0, 0.05) is 6.61 Å². The monoisotopic (exact) mass is 312 g/mol. The molecule has 1 aliphatic heterocycles. The van der Waals surface area contributed by atoms with Gasteiger partial charge in [-0.1, -0.05) is 11.6 Å². The number of carbonyl (C=O) groups excluding carboxylic acids is 1. The highest BCUT2D eigenvalue weighted by molar-refractivity contribution is 6.33.